The fraction of sp³-hybridized carbons (Fsp3) is 0.571. The van der Waals surface area contributed by atoms with E-state index in [1.165, 1.54) is 18.4 Å². The van der Waals surface area contributed by atoms with Gasteiger partial charge in [-0.3, -0.25) is 0 Å². The molecule has 0 bridgehead atoms. The Morgan fingerprint density at radius 1 is 1.12 bits per heavy atom. The summed E-state index contributed by atoms with van der Waals surface area (Å²) in [5.41, 5.74) is 1.45. The Morgan fingerprint density at radius 3 is 2.31 bits per heavy atom. The van der Waals surface area contributed by atoms with Gasteiger partial charge in [-0.1, -0.05) is 44.2 Å². The van der Waals surface area contributed by atoms with Crippen molar-refractivity contribution in [1.82, 2.24) is 5.32 Å². The monoisotopic (exact) mass is 241 g/mol. The summed E-state index contributed by atoms with van der Waals surface area (Å²) in [6.45, 7) is 7.88. The Hall–Kier alpha value is -0.530. The van der Waals surface area contributed by atoms with Crippen LogP contribution in [0.4, 0.5) is 0 Å². The van der Waals surface area contributed by atoms with Gasteiger partial charge in [0, 0.05) is 6.04 Å². The topological polar surface area (TPSA) is 12.0 Å². The molecule has 1 nitrogen and oxygen atoms in total. The summed E-state index contributed by atoms with van der Waals surface area (Å²) < 4.78 is 0. The molecule has 92 valence electrons. The second kappa shape index (κ2) is 8.60. The molecule has 2 unspecified atom stereocenters. The molecule has 0 saturated carbocycles. The normalized spacial score (nSPS) is 13.9. The van der Waals surface area contributed by atoms with Gasteiger partial charge in [-0.2, -0.15) is 0 Å². The van der Waals surface area contributed by atoms with E-state index in [9.17, 15) is 0 Å². The molecule has 1 aromatic carbocycles. The van der Waals surface area contributed by atoms with Crippen molar-refractivity contribution < 1.29 is 0 Å². The lowest BCUT2D eigenvalue weighted by Crippen LogP contribution is -2.26. The summed E-state index contributed by atoms with van der Waals surface area (Å²) in [7, 11) is 0. The van der Waals surface area contributed by atoms with Crippen molar-refractivity contribution in [3.63, 3.8) is 0 Å². The van der Waals surface area contributed by atoms with Crippen molar-refractivity contribution in [2.45, 2.75) is 45.6 Å². The fourth-order valence-corrected chi connectivity index (χ4v) is 1.64. The Bertz CT molecular complexity index is 261. The van der Waals surface area contributed by atoms with Crippen LogP contribution in [0, 0.1) is 0 Å². The van der Waals surface area contributed by atoms with Crippen molar-refractivity contribution in [2.75, 3.05) is 6.54 Å². The van der Waals surface area contributed by atoms with E-state index in [0.29, 0.717) is 12.0 Å². The first-order valence-corrected chi connectivity index (χ1v) is 6.02. The summed E-state index contributed by atoms with van der Waals surface area (Å²) in [6.07, 6.45) is 2.42. The van der Waals surface area contributed by atoms with Gasteiger partial charge in [0.25, 0.3) is 0 Å². The van der Waals surface area contributed by atoms with E-state index in [4.69, 9.17) is 0 Å². The molecule has 0 amide bonds. The molecule has 16 heavy (non-hydrogen) atoms. The molecule has 0 aliphatic rings. The number of hydrogen-bond donors (Lipinski definition) is 1. The molecular weight excluding hydrogens is 218 g/mol. The third kappa shape index (κ3) is 5.53. The lowest BCUT2D eigenvalue weighted by atomic mass is 9.98. The standard InChI is InChI=1S/C14H23N.ClH/c1-4-13(3)15-11-10-12(2)14-8-6-5-7-9-14;/h5-9,12-13,15H,4,10-11H2,1-3H3;1H. The van der Waals surface area contributed by atoms with E-state index in [2.05, 4.69) is 56.4 Å². The SMILES string of the molecule is CCC(C)NCCC(C)c1ccccc1.Cl. The molecule has 2 heteroatoms. The minimum absolute atomic E-state index is 0. The average molecular weight is 242 g/mol. The summed E-state index contributed by atoms with van der Waals surface area (Å²) in [5, 5.41) is 3.53. The van der Waals surface area contributed by atoms with Crippen molar-refractivity contribution in [3.05, 3.63) is 35.9 Å². The number of nitrogens with one attached hydrogen (secondary N) is 1. The summed E-state index contributed by atoms with van der Waals surface area (Å²) in [6, 6.07) is 11.4. The highest BCUT2D eigenvalue weighted by molar-refractivity contribution is 5.85. The van der Waals surface area contributed by atoms with Crippen LogP contribution >= 0.6 is 12.4 Å². The van der Waals surface area contributed by atoms with Crippen LogP contribution < -0.4 is 5.32 Å². The zero-order chi connectivity index (χ0) is 11.1. The molecule has 0 radical (unpaired) electrons. The van der Waals surface area contributed by atoms with E-state index in [1.807, 2.05) is 0 Å². The molecule has 1 aromatic rings. The molecule has 1 N–H and O–H groups in total. The number of hydrogen-bond acceptors (Lipinski definition) is 1. The van der Waals surface area contributed by atoms with Crippen molar-refractivity contribution in [2.24, 2.45) is 0 Å². The van der Waals surface area contributed by atoms with Gasteiger partial charge in [0.2, 0.25) is 0 Å². The first-order chi connectivity index (χ1) is 7.24. The Morgan fingerprint density at radius 2 is 1.75 bits per heavy atom. The van der Waals surface area contributed by atoms with Crippen molar-refractivity contribution in [3.8, 4) is 0 Å². The minimum atomic E-state index is 0. The Kier molecular flexibility index (Phi) is 8.32. The van der Waals surface area contributed by atoms with Crippen LogP contribution in [0.25, 0.3) is 0 Å². The smallest absolute Gasteiger partial charge is 0.00361 e. The van der Waals surface area contributed by atoms with Crippen molar-refractivity contribution >= 4 is 12.4 Å². The number of halogens is 1. The quantitative estimate of drug-likeness (QED) is 0.794. The molecule has 0 aliphatic heterocycles. The van der Waals surface area contributed by atoms with Gasteiger partial charge in [-0.05, 0) is 37.8 Å². The molecule has 2 atom stereocenters. The third-order valence-corrected chi connectivity index (χ3v) is 3.05. The molecule has 0 fully saturated rings. The van der Waals surface area contributed by atoms with Gasteiger partial charge in [-0.25, -0.2) is 0 Å². The lowest BCUT2D eigenvalue weighted by molar-refractivity contribution is 0.505. The van der Waals surface area contributed by atoms with Crippen LogP contribution in [0.3, 0.4) is 0 Å². The predicted molar refractivity (Wildman–Crippen MR) is 74.5 cm³/mol. The highest BCUT2D eigenvalue weighted by Crippen LogP contribution is 2.17. The Labute approximate surface area is 106 Å². The van der Waals surface area contributed by atoms with Gasteiger partial charge in [0.05, 0.1) is 0 Å². The maximum atomic E-state index is 3.53. The zero-order valence-electron chi connectivity index (χ0n) is 10.6. The largest absolute Gasteiger partial charge is 0.314 e. The van der Waals surface area contributed by atoms with Crippen LogP contribution in [0.2, 0.25) is 0 Å². The highest BCUT2D eigenvalue weighted by Gasteiger charge is 2.04. The van der Waals surface area contributed by atoms with Gasteiger partial charge < -0.3 is 5.32 Å². The minimum Gasteiger partial charge on any atom is -0.314 e. The van der Waals surface area contributed by atoms with Crippen LogP contribution in [0.5, 0.6) is 0 Å². The van der Waals surface area contributed by atoms with Crippen LogP contribution in [-0.2, 0) is 0 Å². The van der Waals surface area contributed by atoms with E-state index < -0.39 is 0 Å². The second-order valence-electron chi connectivity index (χ2n) is 4.36. The maximum absolute atomic E-state index is 3.53. The second-order valence-corrected chi connectivity index (χ2v) is 4.36. The molecule has 0 saturated heterocycles. The molecule has 0 aromatic heterocycles. The van der Waals surface area contributed by atoms with Gasteiger partial charge in [0.1, 0.15) is 0 Å². The van der Waals surface area contributed by atoms with E-state index in [0.717, 1.165) is 6.54 Å². The van der Waals surface area contributed by atoms with Crippen molar-refractivity contribution in [1.29, 1.82) is 0 Å². The summed E-state index contributed by atoms with van der Waals surface area (Å²) in [4.78, 5) is 0. The molecule has 0 heterocycles. The van der Waals surface area contributed by atoms with Crippen LogP contribution in [0.15, 0.2) is 30.3 Å². The molecule has 0 spiro atoms. The van der Waals surface area contributed by atoms with E-state index in [-0.39, 0.29) is 12.4 Å². The highest BCUT2D eigenvalue weighted by atomic mass is 35.5. The first kappa shape index (κ1) is 15.5. The summed E-state index contributed by atoms with van der Waals surface area (Å²) >= 11 is 0. The van der Waals surface area contributed by atoms with Gasteiger partial charge in [0.15, 0.2) is 0 Å². The third-order valence-electron chi connectivity index (χ3n) is 3.05. The van der Waals surface area contributed by atoms with E-state index in [1.54, 1.807) is 0 Å². The maximum Gasteiger partial charge on any atom is 0.00361 e. The first-order valence-electron chi connectivity index (χ1n) is 6.02. The molecule has 1 rings (SSSR count). The number of benzene rings is 1. The predicted octanol–water partition coefficient (Wildman–Crippen LogP) is 3.99. The summed E-state index contributed by atoms with van der Waals surface area (Å²) in [5.74, 6) is 0.655. The fourth-order valence-electron chi connectivity index (χ4n) is 1.64. The van der Waals surface area contributed by atoms with Crippen LogP contribution in [-0.4, -0.2) is 12.6 Å². The zero-order valence-corrected chi connectivity index (χ0v) is 11.4. The molecule has 0 aliphatic carbocycles. The Balaban J connectivity index is 0.00000225. The molecular formula is C14H24ClN. The van der Waals surface area contributed by atoms with E-state index >= 15 is 0 Å². The van der Waals surface area contributed by atoms with Gasteiger partial charge in [-0.15, -0.1) is 12.4 Å². The van der Waals surface area contributed by atoms with Crippen LogP contribution in [0.1, 0.15) is 45.1 Å². The van der Waals surface area contributed by atoms with Gasteiger partial charge >= 0.3 is 0 Å². The number of rotatable bonds is 6. The lowest BCUT2D eigenvalue weighted by Gasteiger charge is -2.15. The average Bonchev–Trinajstić information content (AvgIpc) is 2.29.